The van der Waals surface area contributed by atoms with Gasteiger partial charge in [-0.15, -0.1) is 0 Å². The summed E-state index contributed by atoms with van der Waals surface area (Å²) < 4.78 is 11.8. The summed E-state index contributed by atoms with van der Waals surface area (Å²) in [6, 6.07) is 36.5. The van der Waals surface area contributed by atoms with Gasteiger partial charge in [-0.25, -0.2) is 0 Å². The van der Waals surface area contributed by atoms with Crippen molar-refractivity contribution in [3.05, 3.63) is 131 Å². The highest BCUT2D eigenvalue weighted by Gasteiger charge is 2.15. The van der Waals surface area contributed by atoms with Crippen molar-refractivity contribution in [2.75, 3.05) is 26.2 Å². The van der Waals surface area contributed by atoms with Gasteiger partial charge in [-0.2, -0.15) is 0 Å². The minimum atomic E-state index is -0.269. The Kier molecular flexibility index (Phi) is 10.0. The lowest BCUT2D eigenvalue weighted by Crippen LogP contribution is -2.33. The molecule has 0 aliphatic carbocycles. The lowest BCUT2D eigenvalue weighted by molar-refractivity contribution is -0.133. The summed E-state index contributed by atoms with van der Waals surface area (Å²) in [7, 11) is 0. The topological polar surface area (TPSA) is 38.8 Å². The van der Waals surface area contributed by atoms with Crippen molar-refractivity contribution in [3.8, 4) is 11.5 Å². The average molecular weight is 546 g/mol. The number of hydrogen-bond acceptors (Lipinski definition) is 4. The first kappa shape index (κ1) is 28.4. The molecule has 0 bridgehead atoms. The summed E-state index contributed by atoms with van der Waals surface area (Å²) >= 11 is 0. The van der Waals surface area contributed by atoms with Crippen molar-refractivity contribution in [3.63, 3.8) is 0 Å². The van der Waals surface area contributed by atoms with E-state index >= 15 is 0 Å². The number of benzene rings is 4. The number of nitrogens with zero attached hydrogens (tertiary/aromatic N) is 1. The van der Waals surface area contributed by atoms with Crippen LogP contribution < -0.4 is 9.47 Å². The van der Waals surface area contributed by atoms with Gasteiger partial charge in [0.15, 0.2) is 0 Å². The monoisotopic (exact) mass is 545 g/mol. The molecule has 210 valence electrons. The minimum absolute atomic E-state index is 0.244. The molecule has 1 fully saturated rings. The molecular weight excluding hydrogens is 506 g/mol. The van der Waals surface area contributed by atoms with E-state index in [0.29, 0.717) is 12.4 Å². The number of ether oxygens (including phenoxy) is 2. The van der Waals surface area contributed by atoms with Crippen molar-refractivity contribution in [1.29, 1.82) is 0 Å². The van der Waals surface area contributed by atoms with Gasteiger partial charge in [0.2, 0.25) is 0 Å². The molecule has 0 spiro atoms. The highest BCUT2D eigenvalue weighted by molar-refractivity contribution is 5.98. The number of carbonyl (C=O) groups is 1. The van der Waals surface area contributed by atoms with Gasteiger partial charge < -0.3 is 9.47 Å². The Hall–Kier alpha value is -4.15. The van der Waals surface area contributed by atoms with E-state index in [0.717, 1.165) is 35.4 Å². The molecule has 0 unspecified atom stereocenters. The van der Waals surface area contributed by atoms with Crippen LogP contribution >= 0.6 is 0 Å². The van der Waals surface area contributed by atoms with Gasteiger partial charge in [-0.05, 0) is 90.0 Å². The Balaban J connectivity index is 1.35. The predicted molar refractivity (Wildman–Crippen MR) is 167 cm³/mol. The van der Waals surface area contributed by atoms with Crippen molar-refractivity contribution in [1.82, 2.24) is 4.90 Å². The van der Waals surface area contributed by atoms with Crippen LogP contribution in [0.15, 0.2) is 109 Å². The van der Waals surface area contributed by atoms with E-state index in [9.17, 15) is 4.79 Å². The third kappa shape index (κ3) is 7.96. The molecule has 0 atom stereocenters. The SMILES string of the molecule is CC/C(=C(\c1ccc(OCCN2CCCCC2)cc1)c1ccc(OC(=O)Cc2ccccc2)cc1)c1ccccc1. The highest BCUT2D eigenvalue weighted by Crippen LogP contribution is 2.35. The highest BCUT2D eigenvalue weighted by atomic mass is 16.5. The number of hydrogen-bond donors (Lipinski definition) is 0. The predicted octanol–water partition coefficient (Wildman–Crippen LogP) is 8.07. The van der Waals surface area contributed by atoms with E-state index in [1.165, 1.54) is 49.1 Å². The summed E-state index contributed by atoms with van der Waals surface area (Å²) in [6.45, 7) is 6.24. The summed E-state index contributed by atoms with van der Waals surface area (Å²) in [5, 5.41) is 0. The summed E-state index contributed by atoms with van der Waals surface area (Å²) in [5.74, 6) is 1.17. The van der Waals surface area contributed by atoms with E-state index in [-0.39, 0.29) is 12.4 Å². The largest absolute Gasteiger partial charge is 0.492 e. The standard InChI is InChI=1S/C37H39NO3/c1-2-35(30-14-8-4-9-15-30)37(31-16-20-33(21-17-31)40-27-26-38-24-10-5-11-25-38)32-18-22-34(23-19-32)41-36(39)28-29-12-6-3-7-13-29/h3-4,6-9,12-23H,2,5,10-11,24-28H2,1H3/b37-35-. The number of esters is 1. The van der Waals surface area contributed by atoms with Crippen LogP contribution in [0.4, 0.5) is 0 Å². The maximum atomic E-state index is 12.5. The van der Waals surface area contributed by atoms with Gasteiger partial charge in [0.25, 0.3) is 0 Å². The van der Waals surface area contributed by atoms with Gasteiger partial charge in [0, 0.05) is 6.54 Å². The molecular formula is C37H39NO3. The zero-order chi connectivity index (χ0) is 28.3. The smallest absolute Gasteiger partial charge is 0.315 e. The number of carbonyl (C=O) groups excluding carboxylic acids is 1. The van der Waals surface area contributed by atoms with Crippen molar-refractivity contribution >= 4 is 17.1 Å². The Bertz CT molecular complexity index is 1410. The molecule has 4 nitrogen and oxygen atoms in total. The normalized spacial score (nSPS) is 14.3. The van der Waals surface area contributed by atoms with Gasteiger partial charge in [-0.1, -0.05) is 98.3 Å². The van der Waals surface area contributed by atoms with Crippen molar-refractivity contribution in [2.45, 2.75) is 39.0 Å². The fraction of sp³-hybridized carbons (Fsp3) is 0.270. The van der Waals surface area contributed by atoms with Crippen LogP contribution in [0, 0.1) is 0 Å². The van der Waals surface area contributed by atoms with Gasteiger partial charge in [-0.3, -0.25) is 9.69 Å². The molecule has 0 aromatic heterocycles. The van der Waals surface area contributed by atoms with Gasteiger partial charge in [0.05, 0.1) is 6.42 Å². The first-order valence-corrected chi connectivity index (χ1v) is 14.8. The molecule has 4 aromatic rings. The molecule has 0 saturated carbocycles. The second kappa shape index (κ2) is 14.5. The second-order valence-electron chi connectivity index (χ2n) is 10.5. The number of piperidine rings is 1. The van der Waals surface area contributed by atoms with Crippen LogP contribution in [0.2, 0.25) is 0 Å². The Morgan fingerprint density at radius 1 is 0.683 bits per heavy atom. The first-order valence-electron chi connectivity index (χ1n) is 14.8. The Morgan fingerprint density at radius 2 is 1.27 bits per heavy atom. The number of likely N-dealkylation sites (tertiary alicyclic amines) is 1. The second-order valence-corrected chi connectivity index (χ2v) is 10.5. The third-order valence-corrected chi connectivity index (χ3v) is 7.61. The Morgan fingerprint density at radius 3 is 1.88 bits per heavy atom. The van der Waals surface area contributed by atoms with Crippen molar-refractivity contribution in [2.24, 2.45) is 0 Å². The van der Waals surface area contributed by atoms with Gasteiger partial charge >= 0.3 is 5.97 Å². The third-order valence-electron chi connectivity index (χ3n) is 7.61. The quantitative estimate of drug-likeness (QED) is 0.109. The zero-order valence-corrected chi connectivity index (χ0v) is 23.9. The minimum Gasteiger partial charge on any atom is -0.492 e. The van der Waals surface area contributed by atoms with E-state index in [1.54, 1.807) is 0 Å². The van der Waals surface area contributed by atoms with Crippen LogP contribution in [0.5, 0.6) is 11.5 Å². The molecule has 1 aliphatic rings. The van der Waals surface area contributed by atoms with E-state index in [4.69, 9.17) is 9.47 Å². The van der Waals surface area contributed by atoms with Crippen molar-refractivity contribution < 1.29 is 14.3 Å². The fourth-order valence-corrected chi connectivity index (χ4v) is 5.49. The molecule has 4 heteroatoms. The fourth-order valence-electron chi connectivity index (χ4n) is 5.49. The first-order chi connectivity index (χ1) is 20.2. The molecule has 41 heavy (non-hydrogen) atoms. The summed E-state index contributed by atoms with van der Waals surface area (Å²) in [4.78, 5) is 15.0. The van der Waals surface area contributed by atoms with E-state index in [2.05, 4.69) is 60.4 Å². The zero-order valence-electron chi connectivity index (χ0n) is 23.9. The molecule has 0 amide bonds. The van der Waals surface area contributed by atoms with Gasteiger partial charge in [0.1, 0.15) is 18.1 Å². The lowest BCUT2D eigenvalue weighted by Gasteiger charge is -2.26. The lowest BCUT2D eigenvalue weighted by atomic mass is 9.88. The average Bonchev–Trinajstić information content (AvgIpc) is 3.02. The number of allylic oxidation sites excluding steroid dienone is 1. The maximum absolute atomic E-state index is 12.5. The van der Waals surface area contributed by atoms with E-state index in [1.807, 2.05) is 60.7 Å². The molecule has 1 saturated heterocycles. The van der Waals surface area contributed by atoms with Crippen LogP contribution in [0.1, 0.15) is 54.9 Å². The molecule has 1 aliphatic heterocycles. The van der Waals surface area contributed by atoms with Crippen LogP contribution in [0.3, 0.4) is 0 Å². The maximum Gasteiger partial charge on any atom is 0.315 e. The molecule has 1 heterocycles. The van der Waals surface area contributed by atoms with Crippen LogP contribution in [-0.2, 0) is 11.2 Å². The molecule has 5 rings (SSSR count). The Labute approximate surface area is 244 Å². The van der Waals surface area contributed by atoms with Crippen LogP contribution in [-0.4, -0.2) is 37.1 Å². The summed E-state index contributed by atoms with van der Waals surface area (Å²) in [5.41, 5.74) is 6.77. The molecule has 0 radical (unpaired) electrons. The summed E-state index contributed by atoms with van der Waals surface area (Å²) in [6.07, 6.45) is 5.05. The van der Waals surface area contributed by atoms with Crippen LogP contribution in [0.25, 0.3) is 11.1 Å². The molecule has 4 aromatic carbocycles. The number of rotatable bonds is 11. The van der Waals surface area contributed by atoms with E-state index < -0.39 is 0 Å². The molecule has 0 N–H and O–H groups in total.